The Bertz CT molecular complexity index is 782. The first-order valence-electron chi connectivity index (χ1n) is 7.84. The van der Waals surface area contributed by atoms with Gasteiger partial charge in [-0.3, -0.25) is 0 Å². The standard InChI is InChI=1S/C20H20FNO/c21-17-7-4-8-18(13-17)23-12-11-16(14-22)20-10-3-6-15-5-1-2-9-19(15)20/h1-10,13,16H,11-12,14,22H2. The van der Waals surface area contributed by atoms with Gasteiger partial charge in [0, 0.05) is 6.07 Å². The van der Waals surface area contributed by atoms with Crippen LogP contribution in [0.1, 0.15) is 17.9 Å². The molecule has 0 aromatic heterocycles. The molecule has 0 amide bonds. The Morgan fingerprint density at radius 1 is 0.957 bits per heavy atom. The Balaban J connectivity index is 1.72. The van der Waals surface area contributed by atoms with E-state index in [0.717, 1.165) is 6.42 Å². The highest BCUT2D eigenvalue weighted by atomic mass is 19.1. The van der Waals surface area contributed by atoms with E-state index in [0.29, 0.717) is 18.9 Å². The summed E-state index contributed by atoms with van der Waals surface area (Å²) in [4.78, 5) is 0. The molecule has 0 heterocycles. The fraction of sp³-hybridized carbons (Fsp3) is 0.200. The van der Waals surface area contributed by atoms with E-state index in [1.807, 2.05) is 12.1 Å². The second kappa shape index (κ2) is 7.25. The Labute approximate surface area is 135 Å². The molecule has 0 saturated heterocycles. The van der Waals surface area contributed by atoms with Gasteiger partial charge in [0.15, 0.2) is 0 Å². The van der Waals surface area contributed by atoms with Crippen molar-refractivity contribution < 1.29 is 9.13 Å². The van der Waals surface area contributed by atoms with Gasteiger partial charge < -0.3 is 10.5 Å². The predicted octanol–water partition coefficient (Wildman–Crippen LogP) is 4.49. The molecule has 3 heteroatoms. The highest BCUT2D eigenvalue weighted by molar-refractivity contribution is 5.86. The van der Waals surface area contributed by atoms with Crippen molar-refractivity contribution in [3.8, 4) is 5.75 Å². The van der Waals surface area contributed by atoms with Gasteiger partial charge in [0.2, 0.25) is 0 Å². The number of hydrogen-bond donors (Lipinski definition) is 1. The summed E-state index contributed by atoms with van der Waals surface area (Å²) in [6, 6.07) is 20.8. The first-order valence-corrected chi connectivity index (χ1v) is 7.84. The van der Waals surface area contributed by atoms with Crippen LogP contribution in [0.15, 0.2) is 66.7 Å². The van der Waals surface area contributed by atoms with Crippen LogP contribution in [0.5, 0.6) is 5.75 Å². The van der Waals surface area contributed by atoms with Gasteiger partial charge in [-0.25, -0.2) is 4.39 Å². The summed E-state index contributed by atoms with van der Waals surface area (Å²) in [6.07, 6.45) is 0.793. The summed E-state index contributed by atoms with van der Waals surface area (Å²) in [7, 11) is 0. The van der Waals surface area contributed by atoms with Gasteiger partial charge in [-0.1, -0.05) is 48.5 Å². The lowest BCUT2D eigenvalue weighted by molar-refractivity contribution is 0.297. The lowest BCUT2D eigenvalue weighted by atomic mass is 9.91. The van der Waals surface area contributed by atoms with Crippen LogP contribution in [-0.4, -0.2) is 13.2 Å². The molecule has 1 atom stereocenters. The molecule has 0 aliphatic rings. The maximum atomic E-state index is 13.2. The van der Waals surface area contributed by atoms with Crippen molar-refractivity contribution in [3.63, 3.8) is 0 Å². The third kappa shape index (κ3) is 3.69. The zero-order chi connectivity index (χ0) is 16.1. The number of nitrogens with two attached hydrogens (primary N) is 1. The lowest BCUT2D eigenvalue weighted by Crippen LogP contribution is -2.16. The van der Waals surface area contributed by atoms with Crippen LogP contribution < -0.4 is 10.5 Å². The van der Waals surface area contributed by atoms with Crippen LogP contribution in [0.3, 0.4) is 0 Å². The first-order chi connectivity index (χ1) is 11.3. The second-order valence-electron chi connectivity index (χ2n) is 5.60. The van der Waals surface area contributed by atoms with E-state index in [2.05, 4.69) is 30.3 Å². The number of hydrogen-bond acceptors (Lipinski definition) is 2. The zero-order valence-electron chi connectivity index (χ0n) is 12.9. The van der Waals surface area contributed by atoms with Crippen LogP contribution in [0.4, 0.5) is 4.39 Å². The van der Waals surface area contributed by atoms with Crippen LogP contribution in [0, 0.1) is 5.82 Å². The highest BCUT2D eigenvalue weighted by Crippen LogP contribution is 2.27. The molecule has 0 fully saturated rings. The van der Waals surface area contributed by atoms with Gasteiger partial charge in [0.25, 0.3) is 0 Å². The normalized spacial score (nSPS) is 12.3. The monoisotopic (exact) mass is 309 g/mol. The summed E-state index contributed by atoms with van der Waals surface area (Å²) in [5, 5.41) is 2.45. The quantitative estimate of drug-likeness (QED) is 0.728. The average Bonchev–Trinajstić information content (AvgIpc) is 2.58. The highest BCUT2D eigenvalue weighted by Gasteiger charge is 2.13. The van der Waals surface area contributed by atoms with Crippen molar-refractivity contribution in [1.29, 1.82) is 0 Å². The smallest absolute Gasteiger partial charge is 0.126 e. The van der Waals surface area contributed by atoms with E-state index in [1.165, 1.54) is 28.5 Å². The second-order valence-corrected chi connectivity index (χ2v) is 5.60. The molecule has 3 aromatic rings. The lowest BCUT2D eigenvalue weighted by Gasteiger charge is -2.18. The molecule has 0 spiro atoms. The van der Waals surface area contributed by atoms with Gasteiger partial charge in [-0.05, 0) is 47.4 Å². The van der Waals surface area contributed by atoms with E-state index >= 15 is 0 Å². The van der Waals surface area contributed by atoms with Gasteiger partial charge in [-0.15, -0.1) is 0 Å². The Kier molecular flexibility index (Phi) is 4.89. The molecule has 3 aromatic carbocycles. The van der Waals surface area contributed by atoms with Gasteiger partial charge in [0.05, 0.1) is 6.61 Å². The largest absolute Gasteiger partial charge is 0.493 e. The predicted molar refractivity (Wildman–Crippen MR) is 92.3 cm³/mol. The molecular formula is C20H20FNO. The van der Waals surface area contributed by atoms with Crippen LogP contribution >= 0.6 is 0 Å². The van der Waals surface area contributed by atoms with E-state index in [9.17, 15) is 4.39 Å². The van der Waals surface area contributed by atoms with Crippen molar-refractivity contribution in [2.75, 3.05) is 13.2 Å². The number of rotatable bonds is 6. The fourth-order valence-electron chi connectivity index (χ4n) is 2.88. The number of ether oxygens (including phenoxy) is 1. The summed E-state index contributed by atoms with van der Waals surface area (Å²) in [5.74, 6) is 0.486. The first kappa shape index (κ1) is 15.5. The maximum Gasteiger partial charge on any atom is 0.126 e. The molecule has 2 nitrogen and oxygen atoms in total. The third-order valence-corrected chi connectivity index (χ3v) is 4.08. The molecule has 0 saturated carbocycles. The van der Waals surface area contributed by atoms with Crippen molar-refractivity contribution in [2.45, 2.75) is 12.3 Å². The molecule has 0 radical (unpaired) electrons. The molecule has 2 N–H and O–H groups in total. The molecule has 0 aliphatic carbocycles. The van der Waals surface area contributed by atoms with E-state index < -0.39 is 0 Å². The Hall–Kier alpha value is -2.39. The number of benzene rings is 3. The minimum absolute atomic E-state index is 0.217. The third-order valence-electron chi connectivity index (χ3n) is 4.08. The summed E-state index contributed by atoms with van der Waals surface area (Å²) in [5.41, 5.74) is 7.23. The Morgan fingerprint density at radius 2 is 1.74 bits per heavy atom. The summed E-state index contributed by atoms with van der Waals surface area (Å²) >= 11 is 0. The number of halogens is 1. The minimum atomic E-state index is -0.285. The minimum Gasteiger partial charge on any atom is -0.493 e. The van der Waals surface area contributed by atoms with Crippen LogP contribution in [0.25, 0.3) is 10.8 Å². The molecule has 3 rings (SSSR count). The average molecular weight is 309 g/mol. The van der Waals surface area contributed by atoms with E-state index in [4.69, 9.17) is 10.5 Å². The molecule has 23 heavy (non-hydrogen) atoms. The molecule has 0 bridgehead atoms. The van der Waals surface area contributed by atoms with Gasteiger partial charge >= 0.3 is 0 Å². The van der Waals surface area contributed by atoms with E-state index in [1.54, 1.807) is 12.1 Å². The summed E-state index contributed by atoms with van der Waals surface area (Å²) < 4.78 is 18.8. The van der Waals surface area contributed by atoms with Gasteiger partial charge in [-0.2, -0.15) is 0 Å². The SMILES string of the molecule is NCC(CCOc1cccc(F)c1)c1cccc2ccccc12. The molecule has 118 valence electrons. The topological polar surface area (TPSA) is 35.2 Å². The number of fused-ring (bicyclic) bond motifs is 1. The van der Waals surface area contributed by atoms with E-state index in [-0.39, 0.29) is 11.7 Å². The zero-order valence-corrected chi connectivity index (χ0v) is 12.9. The van der Waals surface area contributed by atoms with Gasteiger partial charge in [0.1, 0.15) is 11.6 Å². The van der Waals surface area contributed by atoms with Crippen molar-refractivity contribution in [1.82, 2.24) is 0 Å². The van der Waals surface area contributed by atoms with Crippen molar-refractivity contribution in [3.05, 3.63) is 78.1 Å². The molecular weight excluding hydrogens is 289 g/mol. The maximum absolute atomic E-state index is 13.2. The van der Waals surface area contributed by atoms with Crippen LogP contribution in [-0.2, 0) is 0 Å². The Morgan fingerprint density at radius 3 is 2.57 bits per heavy atom. The van der Waals surface area contributed by atoms with Crippen molar-refractivity contribution >= 4 is 10.8 Å². The summed E-state index contributed by atoms with van der Waals surface area (Å²) in [6.45, 7) is 1.06. The molecule has 1 unspecified atom stereocenters. The van der Waals surface area contributed by atoms with Crippen molar-refractivity contribution in [2.24, 2.45) is 5.73 Å². The van der Waals surface area contributed by atoms with Crippen LogP contribution in [0.2, 0.25) is 0 Å². The fourth-order valence-corrected chi connectivity index (χ4v) is 2.88. The molecule has 0 aliphatic heterocycles.